The van der Waals surface area contributed by atoms with Crippen LogP contribution >= 0.6 is 27.5 Å². The molecule has 3 nitrogen and oxygen atoms in total. The molecule has 1 atom stereocenters. The highest BCUT2D eigenvalue weighted by atomic mass is 79.9. The fourth-order valence-corrected chi connectivity index (χ4v) is 2.81. The second-order valence-electron chi connectivity index (χ2n) is 4.41. The molecule has 0 aliphatic heterocycles. The van der Waals surface area contributed by atoms with E-state index in [1.807, 2.05) is 0 Å². The number of methoxy groups -OCH3 is 1. The quantitative estimate of drug-likeness (QED) is 0.815. The summed E-state index contributed by atoms with van der Waals surface area (Å²) >= 11 is 9.21. The molecule has 0 aliphatic rings. The molecule has 0 radical (unpaired) electrons. The SMILES string of the molecule is COc1ccc(C(O)CNc2c(Cl)cc(F)cc2Br)cc1. The lowest BCUT2D eigenvalue weighted by Crippen LogP contribution is -2.12. The van der Waals surface area contributed by atoms with Crippen molar-refractivity contribution in [2.45, 2.75) is 6.10 Å². The van der Waals surface area contributed by atoms with Gasteiger partial charge in [0.15, 0.2) is 0 Å². The van der Waals surface area contributed by atoms with Gasteiger partial charge in [-0.3, -0.25) is 0 Å². The van der Waals surface area contributed by atoms with Gasteiger partial charge in [-0.05, 0) is 45.8 Å². The van der Waals surface area contributed by atoms with Crippen molar-refractivity contribution >= 4 is 33.2 Å². The van der Waals surface area contributed by atoms with E-state index in [0.29, 0.717) is 10.2 Å². The summed E-state index contributed by atoms with van der Waals surface area (Å²) in [5.74, 6) is 0.302. The smallest absolute Gasteiger partial charge is 0.125 e. The van der Waals surface area contributed by atoms with Crippen molar-refractivity contribution in [1.29, 1.82) is 0 Å². The number of benzene rings is 2. The summed E-state index contributed by atoms with van der Waals surface area (Å²) in [5.41, 5.74) is 1.29. The van der Waals surface area contributed by atoms with E-state index in [1.54, 1.807) is 31.4 Å². The molecule has 21 heavy (non-hydrogen) atoms. The minimum Gasteiger partial charge on any atom is -0.497 e. The highest BCUT2D eigenvalue weighted by molar-refractivity contribution is 9.10. The minimum absolute atomic E-state index is 0.246. The van der Waals surface area contributed by atoms with Crippen molar-refractivity contribution < 1.29 is 14.2 Å². The van der Waals surface area contributed by atoms with Gasteiger partial charge in [-0.2, -0.15) is 0 Å². The average molecular weight is 375 g/mol. The predicted octanol–water partition coefficient (Wildman–Crippen LogP) is 4.40. The Balaban J connectivity index is 2.05. The summed E-state index contributed by atoms with van der Waals surface area (Å²) in [6, 6.07) is 9.65. The minimum atomic E-state index is -0.719. The molecule has 0 amide bonds. The summed E-state index contributed by atoms with van der Waals surface area (Å²) in [7, 11) is 1.58. The number of hydrogen-bond donors (Lipinski definition) is 2. The largest absolute Gasteiger partial charge is 0.497 e. The molecular weight excluding hydrogens is 361 g/mol. The number of hydrogen-bond acceptors (Lipinski definition) is 3. The monoisotopic (exact) mass is 373 g/mol. The molecule has 0 saturated carbocycles. The topological polar surface area (TPSA) is 41.5 Å². The van der Waals surface area contributed by atoms with E-state index in [4.69, 9.17) is 16.3 Å². The maximum absolute atomic E-state index is 13.1. The van der Waals surface area contributed by atoms with E-state index in [0.717, 1.165) is 11.3 Å². The van der Waals surface area contributed by atoms with Crippen LogP contribution in [0.5, 0.6) is 5.75 Å². The van der Waals surface area contributed by atoms with Crippen molar-refractivity contribution in [3.63, 3.8) is 0 Å². The van der Waals surface area contributed by atoms with E-state index >= 15 is 0 Å². The first kappa shape index (κ1) is 16.1. The summed E-state index contributed by atoms with van der Waals surface area (Å²) in [6.07, 6.45) is -0.719. The van der Waals surface area contributed by atoms with Crippen molar-refractivity contribution in [1.82, 2.24) is 0 Å². The van der Waals surface area contributed by atoms with Gasteiger partial charge in [0.1, 0.15) is 11.6 Å². The molecule has 0 aliphatic carbocycles. The van der Waals surface area contributed by atoms with Crippen LogP contribution in [0.2, 0.25) is 5.02 Å². The van der Waals surface area contributed by atoms with E-state index in [-0.39, 0.29) is 11.6 Å². The summed E-state index contributed by atoms with van der Waals surface area (Å²) in [6.45, 7) is 0.246. The van der Waals surface area contributed by atoms with Gasteiger partial charge < -0.3 is 15.2 Å². The Kier molecular flexibility index (Phi) is 5.45. The second-order valence-corrected chi connectivity index (χ2v) is 5.68. The van der Waals surface area contributed by atoms with Crippen molar-refractivity contribution in [2.24, 2.45) is 0 Å². The molecule has 0 heterocycles. The normalized spacial score (nSPS) is 12.0. The molecule has 112 valence electrons. The van der Waals surface area contributed by atoms with Crippen LogP contribution in [0, 0.1) is 5.82 Å². The molecule has 0 aromatic heterocycles. The Morgan fingerprint density at radius 3 is 2.57 bits per heavy atom. The molecule has 2 N–H and O–H groups in total. The van der Waals surface area contributed by atoms with Gasteiger partial charge in [-0.1, -0.05) is 23.7 Å². The molecule has 2 aromatic carbocycles. The third-order valence-electron chi connectivity index (χ3n) is 2.98. The molecule has 0 spiro atoms. The lowest BCUT2D eigenvalue weighted by atomic mass is 10.1. The molecular formula is C15H14BrClFNO2. The summed E-state index contributed by atoms with van der Waals surface area (Å²) in [4.78, 5) is 0. The first-order valence-corrected chi connectivity index (χ1v) is 7.39. The van der Waals surface area contributed by atoms with Crippen molar-refractivity contribution in [3.05, 3.63) is 57.3 Å². The van der Waals surface area contributed by atoms with Crippen molar-refractivity contribution in [3.8, 4) is 5.75 Å². The molecule has 0 fully saturated rings. The van der Waals surface area contributed by atoms with Gasteiger partial charge in [-0.25, -0.2) is 4.39 Å². The van der Waals surface area contributed by atoms with Gasteiger partial charge in [0.05, 0.1) is 23.9 Å². The van der Waals surface area contributed by atoms with Crippen LogP contribution in [0.15, 0.2) is 40.9 Å². The molecule has 2 aromatic rings. The molecule has 6 heteroatoms. The number of rotatable bonds is 5. The average Bonchev–Trinajstić information content (AvgIpc) is 2.46. The zero-order chi connectivity index (χ0) is 15.4. The standard InChI is InChI=1S/C15H14BrClFNO2/c1-21-11-4-2-9(3-5-11)14(20)8-19-15-12(16)6-10(18)7-13(15)17/h2-7,14,19-20H,8H2,1H3. The Morgan fingerprint density at radius 1 is 1.33 bits per heavy atom. The van der Waals surface area contributed by atoms with E-state index in [1.165, 1.54) is 12.1 Å². The van der Waals surface area contributed by atoms with Crippen molar-refractivity contribution in [2.75, 3.05) is 19.0 Å². The maximum Gasteiger partial charge on any atom is 0.125 e. The first-order valence-electron chi connectivity index (χ1n) is 6.21. The van der Waals surface area contributed by atoms with Gasteiger partial charge >= 0.3 is 0 Å². The van der Waals surface area contributed by atoms with Crippen LogP contribution in [0.25, 0.3) is 0 Å². The van der Waals surface area contributed by atoms with Crippen LogP contribution < -0.4 is 10.1 Å². The van der Waals surface area contributed by atoms with E-state index in [2.05, 4.69) is 21.2 Å². The highest BCUT2D eigenvalue weighted by Gasteiger charge is 2.12. The fourth-order valence-electron chi connectivity index (χ4n) is 1.85. The Hall–Kier alpha value is -1.30. The van der Waals surface area contributed by atoms with Crippen LogP contribution in [0.1, 0.15) is 11.7 Å². The van der Waals surface area contributed by atoms with Crippen LogP contribution in [-0.2, 0) is 0 Å². The van der Waals surface area contributed by atoms with Gasteiger partial charge in [0, 0.05) is 11.0 Å². The molecule has 0 saturated heterocycles. The number of aliphatic hydroxyl groups is 1. The predicted molar refractivity (Wildman–Crippen MR) is 85.6 cm³/mol. The summed E-state index contributed by atoms with van der Waals surface area (Å²) in [5, 5.41) is 13.4. The number of ether oxygens (including phenoxy) is 1. The highest BCUT2D eigenvalue weighted by Crippen LogP contribution is 2.32. The number of aliphatic hydroxyl groups excluding tert-OH is 1. The third kappa shape index (κ3) is 4.09. The zero-order valence-corrected chi connectivity index (χ0v) is 13.6. The number of anilines is 1. The number of halogens is 3. The van der Waals surface area contributed by atoms with Gasteiger partial charge in [-0.15, -0.1) is 0 Å². The molecule has 2 rings (SSSR count). The van der Waals surface area contributed by atoms with E-state index in [9.17, 15) is 9.50 Å². The fraction of sp³-hybridized carbons (Fsp3) is 0.200. The third-order valence-corrected chi connectivity index (χ3v) is 3.90. The Labute approximate surface area is 135 Å². The van der Waals surface area contributed by atoms with Gasteiger partial charge in [0.2, 0.25) is 0 Å². The Bertz CT molecular complexity index is 599. The maximum atomic E-state index is 13.1. The molecule has 0 bridgehead atoms. The summed E-state index contributed by atoms with van der Waals surface area (Å²) < 4.78 is 18.7. The van der Waals surface area contributed by atoms with E-state index < -0.39 is 11.9 Å². The zero-order valence-electron chi connectivity index (χ0n) is 11.2. The lowest BCUT2D eigenvalue weighted by Gasteiger charge is -2.15. The van der Waals surface area contributed by atoms with Crippen LogP contribution in [0.3, 0.4) is 0 Å². The second kappa shape index (κ2) is 7.11. The molecule has 1 unspecified atom stereocenters. The lowest BCUT2D eigenvalue weighted by molar-refractivity contribution is 0.191. The Morgan fingerprint density at radius 2 is 2.00 bits per heavy atom. The first-order chi connectivity index (χ1) is 10.0. The van der Waals surface area contributed by atoms with Crippen LogP contribution in [0.4, 0.5) is 10.1 Å². The van der Waals surface area contributed by atoms with Crippen LogP contribution in [-0.4, -0.2) is 18.8 Å². The van der Waals surface area contributed by atoms with Gasteiger partial charge in [0.25, 0.3) is 0 Å². The number of nitrogens with one attached hydrogen (secondary N) is 1.